The van der Waals surface area contributed by atoms with Crippen LogP contribution in [0, 0.1) is 0 Å². The Hall–Kier alpha value is -0.520. The van der Waals surface area contributed by atoms with E-state index in [0.29, 0.717) is 11.3 Å². The van der Waals surface area contributed by atoms with Crippen LogP contribution in [0.15, 0.2) is 16.8 Å². The largest absolute Gasteiger partial charge is 0.379 e. The molecule has 0 amide bonds. The number of nitrogens with two attached hydrogens (primary N) is 1. The highest BCUT2D eigenvalue weighted by Gasteiger charge is 2.14. The lowest BCUT2D eigenvalue weighted by Crippen LogP contribution is -2.14. The molecule has 0 aromatic heterocycles. The Balaban J connectivity index is 1.46. The minimum absolute atomic E-state index is 0.347. The van der Waals surface area contributed by atoms with Gasteiger partial charge in [-0.1, -0.05) is 11.8 Å². The lowest BCUT2D eigenvalue weighted by molar-refractivity contribution is 0.0162. The van der Waals surface area contributed by atoms with Crippen molar-refractivity contribution in [3.05, 3.63) is 11.8 Å². The van der Waals surface area contributed by atoms with Gasteiger partial charge in [0.2, 0.25) is 0 Å². The zero-order chi connectivity index (χ0) is 12.6. The smallest absolute Gasteiger partial charge is 0.158 e. The summed E-state index contributed by atoms with van der Waals surface area (Å²) < 4.78 is 11.1. The first kappa shape index (κ1) is 13.9. The van der Waals surface area contributed by atoms with E-state index in [2.05, 4.69) is 4.99 Å². The molecule has 0 aliphatic carbocycles. The first-order chi connectivity index (χ1) is 8.84. The highest BCUT2D eigenvalue weighted by atomic mass is 32.2. The molecule has 0 spiro atoms. The Morgan fingerprint density at radius 1 is 1.50 bits per heavy atom. The average Bonchev–Trinajstić information content (AvgIpc) is 2.89. The van der Waals surface area contributed by atoms with E-state index < -0.39 is 0 Å². The summed E-state index contributed by atoms with van der Waals surface area (Å²) in [5, 5.41) is 0.679. The first-order valence-electron chi connectivity index (χ1n) is 6.68. The molecule has 0 aromatic rings. The molecule has 0 saturated carbocycles. The van der Waals surface area contributed by atoms with Gasteiger partial charge in [-0.15, -0.1) is 0 Å². The number of ether oxygens (including phenoxy) is 2. The number of hydrogen-bond donors (Lipinski definition) is 1. The fourth-order valence-corrected chi connectivity index (χ4v) is 2.76. The number of amidine groups is 1. The molecule has 1 fully saturated rings. The molecule has 5 heteroatoms. The molecule has 1 unspecified atom stereocenters. The van der Waals surface area contributed by atoms with E-state index in [9.17, 15) is 0 Å². The van der Waals surface area contributed by atoms with Gasteiger partial charge in [-0.3, -0.25) is 0 Å². The second-order valence-corrected chi connectivity index (χ2v) is 5.71. The van der Waals surface area contributed by atoms with Crippen LogP contribution in [0.25, 0.3) is 0 Å². The third-order valence-corrected chi connectivity index (χ3v) is 4.06. The molecule has 102 valence electrons. The van der Waals surface area contributed by atoms with Crippen molar-refractivity contribution >= 4 is 16.9 Å². The molecule has 2 aliphatic rings. The number of unbranched alkanes of at least 4 members (excludes halogenated alkanes) is 1. The minimum atomic E-state index is 0.347. The van der Waals surface area contributed by atoms with E-state index in [1.807, 2.05) is 6.20 Å². The van der Waals surface area contributed by atoms with Gasteiger partial charge >= 0.3 is 0 Å². The maximum Gasteiger partial charge on any atom is 0.158 e. The molecule has 2 rings (SSSR count). The SMILES string of the molecule is NC1=NC=C(CCCCOCC2CCCO2)CS1. The van der Waals surface area contributed by atoms with Crippen molar-refractivity contribution in [1.29, 1.82) is 0 Å². The predicted octanol–water partition coefficient (Wildman–Crippen LogP) is 2.30. The minimum Gasteiger partial charge on any atom is -0.379 e. The predicted molar refractivity (Wildman–Crippen MR) is 75.8 cm³/mol. The van der Waals surface area contributed by atoms with E-state index in [4.69, 9.17) is 15.2 Å². The van der Waals surface area contributed by atoms with Gasteiger partial charge in [0.05, 0.1) is 12.7 Å². The Kier molecular flexibility index (Phi) is 6.04. The number of aliphatic imine (C=N–C) groups is 1. The summed E-state index contributed by atoms with van der Waals surface area (Å²) in [6.07, 6.45) is 7.97. The third-order valence-electron chi connectivity index (χ3n) is 3.14. The Labute approximate surface area is 113 Å². The summed E-state index contributed by atoms with van der Waals surface area (Å²) in [5.41, 5.74) is 6.97. The average molecular weight is 270 g/mol. The van der Waals surface area contributed by atoms with Crippen molar-refractivity contribution in [2.45, 2.75) is 38.2 Å². The maximum atomic E-state index is 5.63. The summed E-state index contributed by atoms with van der Waals surface area (Å²) in [6.45, 7) is 2.51. The summed E-state index contributed by atoms with van der Waals surface area (Å²) in [7, 11) is 0. The molecule has 0 bridgehead atoms. The number of nitrogens with zero attached hydrogens (tertiary/aromatic N) is 1. The van der Waals surface area contributed by atoms with Crippen LogP contribution < -0.4 is 5.73 Å². The number of rotatable bonds is 7. The van der Waals surface area contributed by atoms with Crippen LogP contribution in [0.2, 0.25) is 0 Å². The van der Waals surface area contributed by atoms with Crippen molar-refractivity contribution in [3.63, 3.8) is 0 Å². The van der Waals surface area contributed by atoms with Crippen LogP contribution in [0.1, 0.15) is 32.1 Å². The van der Waals surface area contributed by atoms with E-state index in [1.54, 1.807) is 11.8 Å². The zero-order valence-electron chi connectivity index (χ0n) is 10.8. The molecule has 0 radical (unpaired) electrons. The van der Waals surface area contributed by atoms with E-state index >= 15 is 0 Å². The molecule has 2 aliphatic heterocycles. The lowest BCUT2D eigenvalue weighted by Gasteiger charge is -2.11. The molecule has 1 saturated heterocycles. The van der Waals surface area contributed by atoms with Crippen molar-refractivity contribution in [3.8, 4) is 0 Å². The normalized spacial score (nSPS) is 23.9. The molecular weight excluding hydrogens is 248 g/mol. The lowest BCUT2D eigenvalue weighted by atomic mass is 10.1. The van der Waals surface area contributed by atoms with Crippen LogP contribution in [-0.4, -0.2) is 36.8 Å². The topological polar surface area (TPSA) is 56.8 Å². The number of thioether (sulfide) groups is 1. The van der Waals surface area contributed by atoms with E-state index in [0.717, 1.165) is 51.3 Å². The Bertz CT molecular complexity index is 312. The molecule has 4 nitrogen and oxygen atoms in total. The van der Waals surface area contributed by atoms with Crippen LogP contribution in [-0.2, 0) is 9.47 Å². The summed E-state index contributed by atoms with van der Waals surface area (Å²) >= 11 is 1.62. The molecule has 1 atom stereocenters. The monoisotopic (exact) mass is 270 g/mol. The number of hydrogen-bond acceptors (Lipinski definition) is 5. The highest BCUT2D eigenvalue weighted by Crippen LogP contribution is 2.18. The van der Waals surface area contributed by atoms with Crippen LogP contribution >= 0.6 is 11.8 Å². The summed E-state index contributed by atoms with van der Waals surface area (Å²) in [5.74, 6) is 0.992. The molecular formula is C13H22N2O2S. The third kappa shape index (κ3) is 5.00. The van der Waals surface area contributed by atoms with Crippen LogP contribution in [0.3, 0.4) is 0 Å². The van der Waals surface area contributed by atoms with Crippen molar-refractivity contribution in [2.24, 2.45) is 10.7 Å². The highest BCUT2D eigenvalue weighted by molar-refractivity contribution is 8.14. The van der Waals surface area contributed by atoms with Gasteiger partial charge in [0, 0.05) is 25.2 Å². The van der Waals surface area contributed by atoms with Gasteiger partial charge in [0.15, 0.2) is 5.17 Å². The van der Waals surface area contributed by atoms with Crippen LogP contribution in [0.5, 0.6) is 0 Å². The molecule has 0 aromatic carbocycles. The Morgan fingerprint density at radius 3 is 3.17 bits per heavy atom. The molecule has 18 heavy (non-hydrogen) atoms. The fraction of sp³-hybridized carbons (Fsp3) is 0.769. The van der Waals surface area contributed by atoms with Gasteiger partial charge in [-0.25, -0.2) is 4.99 Å². The van der Waals surface area contributed by atoms with Gasteiger partial charge < -0.3 is 15.2 Å². The van der Waals surface area contributed by atoms with Gasteiger partial charge in [-0.2, -0.15) is 0 Å². The maximum absolute atomic E-state index is 5.63. The van der Waals surface area contributed by atoms with E-state index in [1.165, 1.54) is 12.0 Å². The van der Waals surface area contributed by atoms with Gasteiger partial charge in [-0.05, 0) is 37.7 Å². The van der Waals surface area contributed by atoms with Crippen molar-refractivity contribution in [1.82, 2.24) is 0 Å². The second kappa shape index (κ2) is 7.81. The van der Waals surface area contributed by atoms with Crippen molar-refractivity contribution < 1.29 is 9.47 Å². The Morgan fingerprint density at radius 2 is 2.44 bits per heavy atom. The quantitative estimate of drug-likeness (QED) is 0.721. The second-order valence-electron chi connectivity index (χ2n) is 4.71. The first-order valence-corrected chi connectivity index (χ1v) is 7.66. The molecule has 2 N–H and O–H groups in total. The van der Waals surface area contributed by atoms with Gasteiger partial charge in [0.1, 0.15) is 0 Å². The fourth-order valence-electron chi connectivity index (χ4n) is 2.08. The zero-order valence-corrected chi connectivity index (χ0v) is 11.6. The van der Waals surface area contributed by atoms with Crippen LogP contribution in [0.4, 0.5) is 0 Å². The van der Waals surface area contributed by atoms with Crippen molar-refractivity contribution in [2.75, 3.05) is 25.6 Å². The van der Waals surface area contributed by atoms with Gasteiger partial charge in [0.25, 0.3) is 0 Å². The summed E-state index contributed by atoms with van der Waals surface area (Å²) in [6, 6.07) is 0. The summed E-state index contributed by atoms with van der Waals surface area (Å²) in [4.78, 5) is 4.13. The molecule has 2 heterocycles. The van der Waals surface area contributed by atoms with E-state index in [-0.39, 0.29) is 0 Å². The standard InChI is InChI=1S/C13H22N2O2S/c14-13-15-8-11(10-18-13)4-1-2-6-16-9-12-5-3-7-17-12/h8,12H,1-7,9-10H2,(H2,14,15).